The van der Waals surface area contributed by atoms with E-state index in [-0.39, 0.29) is 11.4 Å². The quantitative estimate of drug-likeness (QED) is 0.458. The van der Waals surface area contributed by atoms with E-state index in [1.165, 1.54) is 18.2 Å². The maximum atomic E-state index is 10.6. The molecule has 6 heteroatoms. The predicted molar refractivity (Wildman–Crippen MR) is 68.7 cm³/mol. The van der Waals surface area contributed by atoms with Crippen molar-refractivity contribution >= 4 is 28.7 Å². The van der Waals surface area contributed by atoms with Gasteiger partial charge in [0.15, 0.2) is 0 Å². The van der Waals surface area contributed by atoms with Crippen LogP contribution in [0.2, 0.25) is 5.02 Å². The Kier molecular flexibility index (Phi) is 3.64. The molecule has 5 nitrogen and oxygen atoms in total. The zero-order chi connectivity index (χ0) is 13.0. The maximum Gasteiger partial charge on any atom is 0.271 e. The second-order valence-corrected chi connectivity index (χ2v) is 3.84. The molecule has 0 spiro atoms. The third-order valence-corrected chi connectivity index (χ3v) is 2.49. The van der Waals surface area contributed by atoms with Crippen molar-refractivity contribution in [2.75, 3.05) is 0 Å². The molecule has 0 N–H and O–H groups in total. The van der Waals surface area contributed by atoms with Crippen LogP contribution in [0.25, 0.3) is 0 Å². The average Bonchev–Trinajstić information content (AvgIpc) is 2.38. The van der Waals surface area contributed by atoms with E-state index in [9.17, 15) is 10.1 Å². The molecule has 0 atom stereocenters. The van der Waals surface area contributed by atoms with Gasteiger partial charge in [-0.25, -0.2) is 0 Å². The highest BCUT2D eigenvalue weighted by molar-refractivity contribution is 6.33. The van der Waals surface area contributed by atoms with Gasteiger partial charge in [0.1, 0.15) is 5.69 Å². The van der Waals surface area contributed by atoms with Crippen molar-refractivity contribution < 1.29 is 4.92 Å². The summed E-state index contributed by atoms with van der Waals surface area (Å²) >= 11 is 5.89. The van der Waals surface area contributed by atoms with Crippen LogP contribution in [-0.4, -0.2) is 4.92 Å². The lowest BCUT2D eigenvalue weighted by atomic mass is 10.3. The van der Waals surface area contributed by atoms with Crippen LogP contribution in [0.3, 0.4) is 0 Å². The number of azo groups is 1. The third kappa shape index (κ3) is 2.89. The molecule has 90 valence electrons. The lowest BCUT2D eigenvalue weighted by molar-refractivity contribution is -0.384. The Labute approximate surface area is 108 Å². The van der Waals surface area contributed by atoms with E-state index in [4.69, 9.17) is 11.6 Å². The number of nitrogens with zero attached hydrogens (tertiary/aromatic N) is 3. The summed E-state index contributed by atoms with van der Waals surface area (Å²) in [6.45, 7) is 0. The van der Waals surface area contributed by atoms with Crippen molar-refractivity contribution in [2.45, 2.75) is 0 Å². The van der Waals surface area contributed by atoms with E-state index >= 15 is 0 Å². The predicted octanol–water partition coefficient (Wildman–Crippen LogP) is 4.66. The number of benzene rings is 2. The highest BCUT2D eigenvalue weighted by Gasteiger charge is 2.09. The van der Waals surface area contributed by atoms with Crippen LogP contribution in [0, 0.1) is 10.1 Å². The van der Waals surface area contributed by atoms with Crippen LogP contribution < -0.4 is 0 Å². The van der Waals surface area contributed by atoms with Gasteiger partial charge in [-0.15, -0.1) is 5.11 Å². The van der Waals surface area contributed by atoms with Gasteiger partial charge in [0, 0.05) is 12.1 Å². The van der Waals surface area contributed by atoms with Crippen molar-refractivity contribution in [2.24, 2.45) is 10.2 Å². The smallest absolute Gasteiger partial charge is 0.258 e. The van der Waals surface area contributed by atoms with Gasteiger partial charge >= 0.3 is 0 Å². The van der Waals surface area contributed by atoms with Gasteiger partial charge < -0.3 is 0 Å². The fourth-order valence-corrected chi connectivity index (χ4v) is 1.45. The van der Waals surface area contributed by atoms with Crippen LogP contribution in [0.15, 0.2) is 58.8 Å². The highest BCUT2D eigenvalue weighted by Crippen LogP contribution is 2.30. The molecule has 18 heavy (non-hydrogen) atoms. The standard InChI is InChI=1S/C12H8ClN3O2/c13-11-7-6-10(16(17)18)8-12(11)15-14-9-4-2-1-3-5-9/h1-8H/b15-14+. The lowest BCUT2D eigenvalue weighted by Crippen LogP contribution is -1.86. The summed E-state index contributed by atoms with van der Waals surface area (Å²) in [6, 6.07) is 13.1. The van der Waals surface area contributed by atoms with Crippen molar-refractivity contribution in [1.82, 2.24) is 0 Å². The molecule has 0 saturated carbocycles. The van der Waals surface area contributed by atoms with E-state index < -0.39 is 4.92 Å². The molecule has 0 fully saturated rings. The second kappa shape index (κ2) is 5.37. The summed E-state index contributed by atoms with van der Waals surface area (Å²) in [4.78, 5) is 10.1. The molecule has 2 rings (SSSR count). The van der Waals surface area contributed by atoms with Crippen LogP contribution in [0.5, 0.6) is 0 Å². The number of hydrogen-bond acceptors (Lipinski definition) is 4. The normalized spacial score (nSPS) is 10.7. The molecular weight excluding hydrogens is 254 g/mol. The minimum Gasteiger partial charge on any atom is -0.258 e. The molecule has 0 aliphatic heterocycles. The SMILES string of the molecule is O=[N+]([O-])c1ccc(Cl)c(/N=N/c2ccccc2)c1. The molecule has 2 aromatic rings. The first-order valence-electron chi connectivity index (χ1n) is 5.07. The molecule has 0 aromatic heterocycles. The first-order valence-corrected chi connectivity index (χ1v) is 5.45. The van der Waals surface area contributed by atoms with Gasteiger partial charge in [-0.1, -0.05) is 29.8 Å². The van der Waals surface area contributed by atoms with Crippen LogP contribution in [0.1, 0.15) is 0 Å². The minimum absolute atomic E-state index is 0.0681. The largest absolute Gasteiger partial charge is 0.271 e. The van der Waals surface area contributed by atoms with E-state index in [2.05, 4.69) is 10.2 Å². The van der Waals surface area contributed by atoms with Gasteiger partial charge in [-0.3, -0.25) is 10.1 Å². The molecule has 0 aliphatic carbocycles. The molecular formula is C12H8ClN3O2. The minimum atomic E-state index is -0.502. The highest BCUT2D eigenvalue weighted by atomic mass is 35.5. The molecule has 0 unspecified atom stereocenters. The van der Waals surface area contributed by atoms with E-state index in [1.807, 2.05) is 18.2 Å². The number of nitro benzene ring substituents is 1. The molecule has 0 bridgehead atoms. The van der Waals surface area contributed by atoms with Crippen molar-refractivity contribution in [1.29, 1.82) is 0 Å². The van der Waals surface area contributed by atoms with E-state index in [0.717, 1.165) is 0 Å². The summed E-state index contributed by atoms with van der Waals surface area (Å²) in [5.41, 5.74) is 0.858. The monoisotopic (exact) mass is 261 g/mol. The van der Waals surface area contributed by atoms with E-state index in [1.54, 1.807) is 12.1 Å². The fourth-order valence-electron chi connectivity index (χ4n) is 1.30. The zero-order valence-corrected chi connectivity index (χ0v) is 9.91. The number of halogens is 1. The Balaban J connectivity index is 2.31. The Morgan fingerprint density at radius 2 is 1.78 bits per heavy atom. The first kappa shape index (κ1) is 12.2. The number of non-ortho nitro benzene ring substituents is 1. The molecule has 0 amide bonds. The van der Waals surface area contributed by atoms with Crippen LogP contribution >= 0.6 is 11.6 Å². The van der Waals surface area contributed by atoms with Crippen LogP contribution in [0.4, 0.5) is 17.1 Å². The van der Waals surface area contributed by atoms with Crippen molar-refractivity contribution in [3.63, 3.8) is 0 Å². The Morgan fingerprint density at radius 1 is 1.06 bits per heavy atom. The summed E-state index contributed by atoms with van der Waals surface area (Å²) in [7, 11) is 0. The number of hydrogen-bond donors (Lipinski definition) is 0. The van der Waals surface area contributed by atoms with Crippen LogP contribution in [-0.2, 0) is 0 Å². The third-order valence-electron chi connectivity index (χ3n) is 2.17. The van der Waals surface area contributed by atoms with Crippen molar-refractivity contribution in [3.05, 3.63) is 63.7 Å². The molecule has 0 heterocycles. The molecule has 0 saturated heterocycles. The zero-order valence-electron chi connectivity index (χ0n) is 9.15. The van der Waals surface area contributed by atoms with Gasteiger partial charge in [-0.05, 0) is 18.2 Å². The summed E-state index contributed by atoms with van der Waals surface area (Å²) in [5, 5.41) is 18.8. The van der Waals surface area contributed by atoms with Crippen molar-refractivity contribution in [3.8, 4) is 0 Å². The Hall–Kier alpha value is -2.27. The van der Waals surface area contributed by atoms with Gasteiger partial charge in [0.05, 0.1) is 15.6 Å². The average molecular weight is 262 g/mol. The summed E-state index contributed by atoms with van der Waals surface area (Å²) < 4.78 is 0. The fraction of sp³-hybridized carbons (Fsp3) is 0. The lowest BCUT2D eigenvalue weighted by Gasteiger charge is -1.97. The Bertz CT molecular complexity index is 600. The summed E-state index contributed by atoms with van der Waals surface area (Å²) in [5.74, 6) is 0. The van der Waals surface area contributed by atoms with Gasteiger partial charge in [0.2, 0.25) is 0 Å². The van der Waals surface area contributed by atoms with Gasteiger partial charge in [-0.2, -0.15) is 5.11 Å². The van der Waals surface area contributed by atoms with Gasteiger partial charge in [0.25, 0.3) is 5.69 Å². The summed E-state index contributed by atoms with van der Waals surface area (Å²) in [6.07, 6.45) is 0. The topological polar surface area (TPSA) is 67.9 Å². The Morgan fingerprint density at radius 3 is 2.44 bits per heavy atom. The molecule has 0 aliphatic rings. The number of nitro groups is 1. The molecule has 2 aromatic carbocycles. The second-order valence-electron chi connectivity index (χ2n) is 3.43. The van der Waals surface area contributed by atoms with E-state index in [0.29, 0.717) is 10.7 Å². The number of rotatable bonds is 3. The molecule has 0 radical (unpaired) electrons. The maximum absolute atomic E-state index is 10.6. The first-order chi connectivity index (χ1) is 8.66.